The first-order valence-electron chi connectivity index (χ1n) is 9.27. The molecule has 146 valence electrons. The van der Waals surface area contributed by atoms with Crippen molar-refractivity contribution in [3.63, 3.8) is 0 Å². The summed E-state index contributed by atoms with van der Waals surface area (Å²) in [6, 6.07) is 6.43. The molecular weight excluding hydrogens is 346 g/mol. The number of piperidine rings is 1. The van der Waals surface area contributed by atoms with Crippen LogP contribution in [0, 0.1) is 5.92 Å². The van der Waals surface area contributed by atoms with E-state index >= 15 is 0 Å². The first kappa shape index (κ1) is 19.2. The fourth-order valence-corrected chi connectivity index (χ4v) is 3.79. The summed E-state index contributed by atoms with van der Waals surface area (Å²) in [6.07, 6.45) is 2.33. The second-order valence-corrected chi connectivity index (χ2v) is 7.17. The predicted molar refractivity (Wildman–Crippen MR) is 101 cm³/mol. The molecule has 27 heavy (non-hydrogen) atoms. The van der Waals surface area contributed by atoms with Crippen LogP contribution in [0.25, 0.3) is 0 Å². The van der Waals surface area contributed by atoms with E-state index in [0.29, 0.717) is 29.5 Å². The number of hydrogen-bond acceptors (Lipinski definition) is 5. The Balaban J connectivity index is 1.94. The van der Waals surface area contributed by atoms with E-state index in [0.717, 1.165) is 25.1 Å². The predicted octanol–water partition coefficient (Wildman–Crippen LogP) is 2.21. The van der Waals surface area contributed by atoms with Crippen LogP contribution in [0.2, 0.25) is 0 Å². The van der Waals surface area contributed by atoms with Crippen LogP contribution in [0.3, 0.4) is 0 Å². The number of nitrogens with one attached hydrogen (secondary N) is 2. The van der Waals surface area contributed by atoms with Crippen molar-refractivity contribution in [2.75, 3.05) is 33.9 Å². The van der Waals surface area contributed by atoms with E-state index in [1.165, 1.54) is 13.5 Å². The number of amides is 2. The lowest BCUT2D eigenvalue weighted by Gasteiger charge is -2.35. The third kappa shape index (κ3) is 4.42. The van der Waals surface area contributed by atoms with E-state index in [1.807, 2.05) is 24.3 Å². The van der Waals surface area contributed by atoms with Crippen molar-refractivity contribution in [3.8, 4) is 5.75 Å². The van der Waals surface area contributed by atoms with E-state index < -0.39 is 12.0 Å². The van der Waals surface area contributed by atoms with Gasteiger partial charge in [-0.1, -0.05) is 19.1 Å². The molecule has 0 aromatic heterocycles. The molecule has 0 bridgehead atoms. The minimum absolute atomic E-state index is 0.316. The fraction of sp³-hybridized carbons (Fsp3) is 0.500. The molecule has 3 rings (SSSR count). The number of carbonyl (C=O) groups excluding carboxylic acids is 2. The zero-order chi connectivity index (χ0) is 19.4. The third-order valence-corrected chi connectivity index (χ3v) is 5.13. The van der Waals surface area contributed by atoms with Crippen LogP contribution >= 0.6 is 0 Å². The summed E-state index contributed by atoms with van der Waals surface area (Å²) < 4.78 is 10.2. The van der Waals surface area contributed by atoms with Crippen LogP contribution in [0.1, 0.15) is 31.4 Å². The number of urea groups is 1. The largest absolute Gasteiger partial charge is 0.497 e. The summed E-state index contributed by atoms with van der Waals surface area (Å²) in [5, 5.41) is 5.67. The van der Waals surface area contributed by atoms with Gasteiger partial charge in [0.1, 0.15) is 5.75 Å². The first-order valence-corrected chi connectivity index (χ1v) is 9.27. The van der Waals surface area contributed by atoms with Crippen LogP contribution in [0.5, 0.6) is 5.75 Å². The highest BCUT2D eigenvalue weighted by Crippen LogP contribution is 2.29. The number of rotatable bonds is 5. The summed E-state index contributed by atoms with van der Waals surface area (Å²) in [4.78, 5) is 27.2. The minimum atomic E-state index is -0.561. The van der Waals surface area contributed by atoms with Crippen molar-refractivity contribution in [1.82, 2.24) is 15.5 Å². The molecule has 1 aromatic carbocycles. The van der Waals surface area contributed by atoms with Crippen molar-refractivity contribution in [2.24, 2.45) is 5.92 Å². The van der Waals surface area contributed by atoms with Crippen molar-refractivity contribution in [3.05, 3.63) is 41.1 Å². The van der Waals surface area contributed by atoms with Gasteiger partial charge in [0.2, 0.25) is 0 Å². The highest BCUT2D eigenvalue weighted by Gasteiger charge is 2.34. The van der Waals surface area contributed by atoms with E-state index in [4.69, 9.17) is 9.47 Å². The zero-order valence-corrected chi connectivity index (χ0v) is 16.1. The molecule has 0 radical (unpaired) electrons. The molecule has 7 nitrogen and oxygen atoms in total. The van der Waals surface area contributed by atoms with E-state index in [-0.39, 0.29) is 6.03 Å². The Bertz CT molecular complexity index is 729. The maximum atomic E-state index is 12.6. The lowest BCUT2D eigenvalue weighted by molar-refractivity contribution is -0.136. The lowest BCUT2D eigenvalue weighted by atomic mass is 9.94. The molecule has 2 amide bonds. The highest BCUT2D eigenvalue weighted by atomic mass is 16.5. The Morgan fingerprint density at radius 1 is 1.26 bits per heavy atom. The summed E-state index contributed by atoms with van der Waals surface area (Å²) in [7, 11) is 2.95. The number of ether oxygens (including phenoxy) is 2. The number of benzene rings is 1. The molecule has 2 N–H and O–H groups in total. The quantitative estimate of drug-likeness (QED) is 0.774. The van der Waals surface area contributed by atoms with Gasteiger partial charge in [0, 0.05) is 18.8 Å². The van der Waals surface area contributed by atoms with E-state index in [9.17, 15) is 9.59 Å². The summed E-state index contributed by atoms with van der Waals surface area (Å²) in [5.74, 6) is 0.879. The molecule has 1 saturated heterocycles. The summed E-state index contributed by atoms with van der Waals surface area (Å²) in [5.41, 5.74) is 1.86. The molecule has 0 spiro atoms. The molecular formula is C20H27N3O4. The van der Waals surface area contributed by atoms with Crippen molar-refractivity contribution in [1.29, 1.82) is 0 Å². The smallest absolute Gasteiger partial charge is 0.338 e. The number of hydrogen-bond donors (Lipinski definition) is 2. The van der Waals surface area contributed by atoms with Crippen LogP contribution in [0.15, 0.2) is 35.5 Å². The molecule has 0 unspecified atom stereocenters. The SMILES string of the molecule is COC(=O)C1=C(CN2CCC[C@H](C)C2)NC(=O)N[C@H]1c1ccc(OC)cc1. The van der Waals surface area contributed by atoms with Gasteiger partial charge in [-0.2, -0.15) is 0 Å². The van der Waals surface area contributed by atoms with Gasteiger partial charge >= 0.3 is 12.0 Å². The third-order valence-electron chi connectivity index (χ3n) is 5.13. The van der Waals surface area contributed by atoms with Gasteiger partial charge in [-0.25, -0.2) is 9.59 Å². The van der Waals surface area contributed by atoms with Crippen LogP contribution in [-0.4, -0.2) is 50.8 Å². The van der Waals surface area contributed by atoms with Gasteiger partial charge in [-0.15, -0.1) is 0 Å². The molecule has 2 aliphatic heterocycles. The normalized spacial score (nSPS) is 23.4. The fourth-order valence-electron chi connectivity index (χ4n) is 3.79. The summed E-state index contributed by atoms with van der Waals surface area (Å²) >= 11 is 0. The minimum Gasteiger partial charge on any atom is -0.497 e. The van der Waals surface area contributed by atoms with Crippen LogP contribution < -0.4 is 15.4 Å². The van der Waals surface area contributed by atoms with E-state index in [2.05, 4.69) is 22.5 Å². The van der Waals surface area contributed by atoms with Crippen LogP contribution in [0.4, 0.5) is 4.79 Å². The average molecular weight is 373 g/mol. The Morgan fingerprint density at radius 3 is 2.63 bits per heavy atom. The molecule has 0 saturated carbocycles. The maximum absolute atomic E-state index is 12.6. The lowest BCUT2D eigenvalue weighted by Crippen LogP contribution is -2.49. The maximum Gasteiger partial charge on any atom is 0.338 e. The summed E-state index contributed by atoms with van der Waals surface area (Å²) in [6.45, 7) is 4.66. The van der Waals surface area contributed by atoms with Gasteiger partial charge < -0.3 is 20.1 Å². The van der Waals surface area contributed by atoms with Crippen molar-refractivity contribution >= 4 is 12.0 Å². The van der Waals surface area contributed by atoms with Gasteiger partial charge in [0.15, 0.2) is 0 Å². The van der Waals surface area contributed by atoms with Crippen molar-refractivity contribution in [2.45, 2.75) is 25.8 Å². The van der Waals surface area contributed by atoms with Gasteiger partial charge in [-0.3, -0.25) is 4.90 Å². The molecule has 1 fully saturated rings. The molecule has 2 atom stereocenters. The molecule has 7 heteroatoms. The Morgan fingerprint density at radius 2 is 2.00 bits per heavy atom. The Kier molecular flexibility index (Phi) is 6.01. The second kappa shape index (κ2) is 8.43. The molecule has 2 heterocycles. The monoisotopic (exact) mass is 373 g/mol. The second-order valence-electron chi connectivity index (χ2n) is 7.17. The standard InChI is InChI=1S/C20H27N3O4/c1-13-5-4-10-23(11-13)12-16-17(19(24)27-3)18(22-20(25)21-16)14-6-8-15(26-2)9-7-14/h6-9,13,18H,4-5,10-12H2,1-3H3,(H2,21,22,25)/t13-,18-/m0/s1. The van der Waals surface area contributed by atoms with Gasteiger partial charge in [0.05, 0.1) is 25.8 Å². The number of esters is 1. The number of carbonyl (C=O) groups is 2. The first-order chi connectivity index (χ1) is 13.0. The number of nitrogens with zero attached hydrogens (tertiary/aromatic N) is 1. The van der Waals surface area contributed by atoms with Gasteiger partial charge in [-0.05, 0) is 43.0 Å². The Hall–Kier alpha value is -2.54. The molecule has 1 aromatic rings. The number of likely N-dealkylation sites (tertiary alicyclic amines) is 1. The average Bonchev–Trinajstić information content (AvgIpc) is 2.67. The Labute approximate surface area is 159 Å². The van der Waals surface area contributed by atoms with Crippen molar-refractivity contribution < 1.29 is 19.1 Å². The molecule has 2 aliphatic rings. The van der Waals surface area contributed by atoms with Crippen LogP contribution in [-0.2, 0) is 9.53 Å². The van der Waals surface area contributed by atoms with E-state index in [1.54, 1.807) is 7.11 Å². The number of methoxy groups -OCH3 is 2. The molecule has 0 aliphatic carbocycles. The zero-order valence-electron chi connectivity index (χ0n) is 16.1. The topological polar surface area (TPSA) is 79.9 Å². The highest BCUT2D eigenvalue weighted by molar-refractivity contribution is 5.95. The van der Waals surface area contributed by atoms with Gasteiger partial charge in [0.25, 0.3) is 0 Å².